The maximum absolute atomic E-state index is 11.7. The first-order valence-corrected chi connectivity index (χ1v) is 5.81. The molecule has 0 aromatic heterocycles. The minimum Gasteiger partial charge on any atom is -0.426 e. The van der Waals surface area contributed by atoms with Gasteiger partial charge >= 0.3 is 5.97 Å². The average Bonchev–Trinajstić information content (AvgIpc) is 2.27. The molecule has 0 saturated heterocycles. The molecule has 0 aliphatic carbocycles. The summed E-state index contributed by atoms with van der Waals surface area (Å²) >= 11 is 0. The first kappa shape index (κ1) is 10.3. The molecule has 2 aromatic carbocycles. The van der Waals surface area contributed by atoms with Crippen molar-refractivity contribution < 1.29 is 9.53 Å². The summed E-state index contributed by atoms with van der Waals surface area (Å²) in [6, 6.07) is 12.2. The third-order valence-corrected chi connectivity index (χ3v) is 3.41. The van der Waals surface area contributed by atoms with E-state index < -0.39 is 0 Å². The van der Waals surface area contributed by atoms with Crippen LogP contribution in [0.25, 0.3) is 10.8 Å². The summed E-state index contributed by atoms with van der Waals surface area (Å²) in [5.74, 6) is 0.600. The maximum atomic E-state index is 11.7. The molecular weight excluding hydrogens is 212 g/mol. The number of carbonyl (C=O) groups excluding carboxylic acids is 1. The van der Waals surface area contributed by atoms with Crippen LogP contribution in [0.5, 0.6) is 5.75 Å². The largest absolute Gasteiger partial charge is 0.426 e. The van der Waals surface area contributed by atoms with E-state index in [0.29, 0.717) is 6.42 Å². The molecule has 0 fully saturated rings. The van der Waals surface area contributed by atoms with Gasteiger partial charge in [0.25, 0.3) is 0 Å². The molecule has 0 radical (unpaired) electrons. The lowest BCUT2D eigenvalue weighted by molar-refractivity contribution is -0.136. The molecule has 86 valence electrons. The fourth-order valence-corrected chi connectivity index (χ4v) is 2.49. The van der Waals surface area contributed by atoms with E-state index in [1.165, 1.54) is 0 Å². The molecule has 1 heterocycles. The van der Waals surface area contributed by atoms with Gasteiger partial charge < -0.3 is 4.74 Å². The number of fused-ring (bicyclic) bond motifs is 3. The first-order chi connectivity index (χ1) is 8.08. The van der Waals surface area contributed by atoms with Gasteiger partial charge in [0.05, 0.1) is 6.42 Å². The molecule has 0 atom stereocenters. The highest BCUT2D eigenvalue weighted by Crippen LogP contribution is 2.42. The second kappa shape index (κ2) is 3.33. The Hall–Kier alpha value is -1.83. The highest BCUT2D eigenvalue weighted by Gasteiger charge is 2.34. The molecule has 17 heavy (non-hydrogen) atoms. The Labute approximate surface area is 100 Å². The lowest BCUT2D eigenvalue weighted by Gasteiger charge is -2.31. The van der Waals surface area contributed by atoms with Crippen LogP contribution in [-0.2, 0) is 10.2 Å². The molecule has 0 N–H and O–H groups in total. The van der Waals surface area contributed by atoms with E-state index in [9.17, 15) is 4.79 Å². The van der Waals surface area contributed by atoms with Crippen molar-refractivity contribution in [2.24, 2.45) is 0 Å². The Morgan fingerprint density at radius 3 is 2.71 bits per heavy atom. The van der Waals surface area contributed by atoms with Crippen LogP contribution in [0.15, 0.2) is 36.4 Å². The third-order valence-electron chi connectivity index (χ3n) is 3.41. The molecule has 0 amide bonds. The van der Waals surface area contributed by atoms with Gasteiger partial charge in [-0.25, -0.2) is 0 Å². The van der Waals surface area contributed by atoms with Crippen molar-refractivity contribution in [2.45, 2.75) is 25.7 Å². The summed E-state index contributed by atoms with van der Waals surface area (Å²) in [7, 11) is 0. The number of ether oxygens (including phenoxy) is 1. The van der Waals surface area contributed by atoms with Crippen molar-refractivity contribution >= 4 is 16.7 Å². The van der Waals surface area contributed by atoms with E-state index in [0.717, 1.165) is 22.1 Å². The zero-order valence-electron chi connectivity index (χ0n) is 9.99. The van der Waals surface area contributed by atoms with Crippen LogP contribution in [0.2, 0.25) is 0 Å². The summed E-state index contributed by atoms with van der Waals surface area (Å²) < 4.78 is 5.44. The van der Waals surface area contributed by atoms with Gasteiger partial charge in [-0.3, -0.25) is 4.79 Å². The van der Waals surface area contributed by atoms with Crippen molar-refractivity contribution in [3.8, 4) is 5.75 Å². The molecule has 0 spiro atoms. The number of esters is 1. The van der Waals surface area contributed by atoms with Gasteiger partial charge in [-0.05, 0) is 5.39 Å². The SMILES string of the molecule is CC1(C)CC(=O)Oc2c1ccc1ccccc21. The monoisotopic (exact) mass is 226 g/mol. The maximum Gasteiger partial charge on any atom is 0.312 e. The number of carbonyl (C=O) groups is 1. The van der Waals surface area contributed by atoms with Crippen LogP contribution >= 0.6 is 0 Å². The number of rotatable bonds is 0. The normalized spacial score (nSPS) is 17.6. The molecule has 3 rings (SSSR count). The van der Waals surface area contributed by atoms with Crippen LogP contribution < -0.4 is 4.74 Å². The van der Waals surface area contributed by atoms with Gasteiger partial charge in [0.15, 0.2) is 0 Å². The van der Waals surface area contributed by atoms with Crippen molar-refractivity contribution in [3.05, 3.63) is 42.0 Å². The van der Waals surface area contributed by atoms with E-state index >= 15 is 0 Å². The molecule has 1 aliphatic heterocycles. The molecule has 2 heteroatoms. The number of hydrogen-bond donors (Lipinski definition) is 0. The molecule has 0 bridgehead atoms. The quantitative estimate of drug-likeness (QED) is 0.508. The lowest BCUT2D eigenvalue weighted by atomic mass is 9.78. The van der Waals surface area contributed by atoms with Crippen molar-refractivity contribution in [1.82, 2.24) is 0 Å². The molecule has 2 nitrogen and oxygen atoms in total. The van der Waals surface area contributed by atoms with Crippen molar-refractivity contribution in [2.75, 3.05) is 0 Å². The minimum absolute atomic E-state index is 0.140. The van der Waals surface area contributed by atoms with E-state index in [1.54, 1.807) is 0 Å². The van der Waals surface area contributed by atoms with E-state index in [2.05, 4.69) is 26.0 Å². The summed E-state index contributed by atoms with van der Waals surface area (Å²) in [5, 5.41) is 2.13. The molecule has 1 aliphatic rings. The summed E-state index contributed by atoms with van der Waals surface area (Å²) in [6.07, 6.45) is 0.443. The summed E-state index contributed by atoms with van der Waals surface area (Å²) in [6.45, 7) is 4.17. The Kier molecular flexibility index (Phi) is 2.02. The Balaban J connectivity index is 2.36. The van der Waals surface area contributed by atoms with Gasteiger partial charge in [-0.1, -0.05) is 50.2 Å². The van der Waals surface area contributed by atoms with Crippen molar-refractivity contribution in [3.63, 3.8) is 0 Å². The molecule has 0 unspecified atom stereocenters. The third kappa shape index (κ3) is 1.52. The fourth-order valence-electron chi connectivity index (χ4n) is 2.49. The zero-order chi connectivity index (χ0) is 12.0. The van der Waals surface area contributed by atoms with Crippen LogP contribution in [0.3, 0.4) is 0 Å². The van der Waals surface area contributed by atoms with E-state index in [-0.39, 0.29) is 11.4 Å². The van der Waals surface area contributed by atoms with E-state index in [4.69, 9.17) is 4.74 Å². The van der Waals surface area contributed by atoms with E-state index in [1.807, 2.05) is 24.3 Å². The smallest absolute Gasteiger partial charge is 0.312 e. The predicted molar refractivity (Wildman–Crippen MR) is 67.2 cm³/mol. The highest BCUT2D eigenvalue weighted by atomic mass is 16.5. The second-order valence-corrected chi connectivity index (χ2v) is 5.20. The fraction of sp³-hybridized carbons (Fsp3) is 0.267. The van der Waals surface area contributed by atoms with Crippen LogP contribution in [0.1, 0.15) is 25.8 Å². The Morgan fingerprint density at radius 1 is 1.12 bits per heavy atom. The summed E-state index contributed by atoms with van der Waals surface area (Å²) in [5.41, 5.74) is 0.977. The van der Waals surface area contributed by atoms with Gasteiger partial charge in [-0.2, -0.15) is 0 Å². The number of hydrogen-bond acceptors (Lipinski definition) is 2. The van der Waals surface area contributed by atoms with Gasteiger partial charge in [0.1, 0.15) is 5.75 Å². The standard InChI is InChI=1S/C15H14O2/c1-15(2)9-13(16)17-14-11-6-4-3-5-10(11)7-8-12(14)15/h3-8H,9H2,1-2H3. The second-order valence-electron chi connectivity index (χ2n) is 5.20. The Bertz CT molecular complexity index is 611. The number of benzene rings is 2. The predicted octanol–water partition coefficient (Wildman–Crippen LogP) is 3.43. The summed E-state index contributed by atoms with van der Waals surface area (Å²) in [4.78, 5) is 11.7. The minimum atomic E-state index is -0.144. The van der Waals surface area contributed by atoms with Gasteiger partial charge in [0, 0.05) is 16.4 Å². The zero-order valence-corrected chi connectivity index (χ0v) is 9.99. The van der Waals surface area contributed by atoms with Gasteiger partial charge in [-0.15, -0.1) is 0 Å². The Morgan fingerprint density at radius 2 is 1.88 bits per heavy atom. The topological polar surface area (TPSA) is 26.3 Å². The van der Waals surface area contributed by atoms with Crippen molar-refractivity contribution in [1.29, 1.82) is 0 Å². The van der Waals surface area contributed by atoms with Crippen LogP contribution in [0.4, 0.5) is 0 Å². The molecule has 2 aromatic rings. The highest BCUT2D eigenvalue weighted by molar-refractivity contribution is 5.93. The first-order valence-electron chi connectivity index (χ1n) is 5.81. The average molecular weight is 226 g/mol. The van der Waals surface area contributed by atoms with Crippen LogP contribution in [0, 0.1) is 0 Å². The molecule has 0 saturated carbocycles. The van der Waals surface area contributed by atoms with Gasteiger partial charge in [0.2, 0.25) is 0 Å². The lowest BCUT2D eigenvalue weighted by Crippen LogP contribution is -2.30. The molecular formula is C15H14O2. The van der Waals surface area contributed by atoms with Crippen LogP contribution in [-0.4, -0.2) is 5.97 Å².